The summed E-state index contributed by atoms with van der Waals surface area (Å²) >= 11 is 0. The molecule has 0 amide bonds. The Morgan fingerprint density at radius 3 is 2.62 bits per heavy atom. The van der Waals surface area contributed by atoms with Crippen LogP contribution in [0, 0.1) is 0 Å². The van der Waals surface area contributed by atoms with Crippen LogP contribution in [-0.4, -0.2) is 17.8 Å². The van der Waals surface area contributed by atoms with E-state index in [4.69, 9.17) is 0 Å². The Hall–Kier alpha value is -1.10. The molecule has 0 aromatic carbocycles. The van der Waals surface area contributed by atoms with E-state index >= 15 is 0 Å². The molecule has 5 heteroatoms. The highest BCUT2D eigenvalue weighted by molar-refractivity contribution is 5.01. The van der Waals surface area contributed by atoms with Crippen LogP contribution in [-0.2, 0) is 11.3 Å². The lowest BCUT2D eigenvalue weighted by Gasteiger charge is -2.06. The van der Waals surface area contributed by atoms with Gasteiger partial charge in [0.2, 0.25) is 0 Å². The normalized spacial score (nSPS) is 11.6. The van der Waals surface area contributed by atoms with Crippen LogP contribution in [0.4, 0.5) is 13.2 Å². The van der Waals surface area contributed by atoms with Crippen molar-refractivity contribution in [3.63, 3.8) is 0 Å². The molecule has 2 nitrogen and oxygen atoms in total. The fourth-order valence-corrected chi connectivity index (χ4v) is 0.755. The van der Waals surface area contributed by atoms with Gasteiger partial charge in [-0.1, -0.05) is 6.07 Å². The number of hydrogen-bond acceptors (Lipinski definition) is 2. The van der Waals surface area contributed by atoms with Gasteiger partial charge in [-0.3, -0.25) is 4.98 Å². The summed E-state index contributed by atoms with van der Waals surface area (Å²) in [7, 11) is 0. The Labute approximate surface area is 73.4 Å². The number of pyridine rings is 1. The third-order valence-electron chi connectivity index (χ3n) is 1.24. The monoisotopic (exact) mass is 191 g/mol. The SMILES string of the molecule is FC(F)(F)COCc1ccccn1. The predicted octanol–water partition coefficient (Wildman–Crippen LogP) is 2.16. The highest BCUT2D eigenvalue weighted by atomic mass is 19.4. The zero-order valence-corrected chi connectivity index (χ0v) is 6.71. The molecule has 0 atom stereocenters. The van der Waals surface area contributed by atoms with Gasteiger partial charge < -0.3 is 4.74 Å². The summed E-state index contributed by atoms with van der Waals surface area (Å²) in [5.41, 5.74) is 0.492. The van der Waals surface area contributed by atoms with E-state index in [0.717, 1.165) is 0 Å². The van der Waals surface area contributed by atoms with Crippen LogP contribution in [0.25, 0.3) is 0 Å². The Bertz CT molecular complexity index is 247. The number of ether oxygens (including phenoxy) is 1. The lowest BCUT2D eigenvalue weighted by Crippen LogP contribution is -2.16. The second kappa shape index (κ2) is 4.23. The molecule has 0 bridgehead atoms. The molecular formula is C8H8F3NO. The van der Waals surface area contributed by atoms with Crippen LogP contribution in [0.5, 0.6) is 0 Å². The van der Waals surface area contributed by atoms with Crippen molar-refractivity contribution in [3.05, 3.63) is 30.1 Å². The Morgan fingerprint density at radius 2 is 2.08 bits per heavy atom. The molecule has 0 aliphatic carbocycles. The number of hydrogen-bond donors (Lipinski definition) is 0. The van der Waals surface area contributed by atoms with Gasteiger partial charge in [-0.15, -0.1) is 0 Å². The van der Waals surface area contributed by atoms with E-state index < -0.39 is 12.8 Å². The molecule has 0 unspecified atom stereocenters. The third kappa shape index (κ3) is 4.47. The minimum absolute atomic E-state index is 0.111. The van der Waals surface area contributed by atoms with Crippen molar-refractivity contribution in [2.24, 2.45) is 0 Å². The minimum atomic E-state index is -4.27. The summed E-state index contributed by atoms with van der Waals surface area (Å²) in [6.07, 6.45) is -2.76. The third-order valence-corrected chi connectivity index (χ3v) is 1.24. The Balaban J connectivity index is 2.29. The van der Waals surface area contributed by atoms with Crippen molar-refractivity contribution >= 4 is 0 Å². The second-order valence-electron chi connectivity index (χ2n) is 2.43. The van der Waals surface area contributed by atoms with Gasteiger partial charge >= 0.3 is 6.18 Å². The van der Waals surface area contributed by atoms with E-state index in [9.17, 15) is 13.2 Å². The van der Waals surface area contributed by atoms with Crippen molar-refractivity contribution in [3.8, 4) is 0 Å². The number of nitrogens with zero attached hydrogens (tertiary/aromatic N) is 1. The average Bonchev–Trinajstić information content (AvgIpc) is 2.04. The number of aromatic nitrogens is 1. The molecule has 1 heterocycles. The number of halogens is 3. The molecule has 0 aliphatic heterocycles. The van der Waals surface area contributed by atoms with E-state index in [-0.39, 0.29) is 6.61 Å². The van der Waals surface area contributed by atoms with E-state index in [1.54, 1.807) is 18.2 Å². The van der Waals surface area contributed by atoms with E-state index in [1.807, 2.05) is 0 Å². The summed E-state index contributed by atoms with van der Waals surface area (Å²) in [6.45, 7) is -1.34. The number of alkyl halides is 3. The maximum absolute atomic E-state index is 11.6. The van der Waals surface area contributed by atoms with Crippen LogP contribution < -0.4 is 0 Å². The summed E-state index contributed by atoms with van der Waals surface area (Å²) < 4.78 is 39.2. The molecule has 13 heavy (non-hydrogen) atoms. The average molecular weight is 191 g/mol. The van der Waals surface area contributed by atoms with E-state index in [0.29, 0.717) is 5.69 Å². The predicted molar refractivity (Wildman–Crippen MR) is 39.9 cm³/mol. The van der Waals surface area contributed by atoms with Gasteiger partial charge in [-0.25, -0.2) is 0 Å². The molecule has 0 aliphatic rings. The molecule has 72 valence electrons. The fourth-order valence-electron chi connectivity index (χ4n) is 0.755. The Kier molecular flexibility index (Phi) is 3.25. The highest BCUT2D eigenvalue weighted by Crippen LogP contribution is 2.15. The zero-order valence-electron chi connectivity index (χ0n) is 6.71. The van der Waals surface area contributed by atoms with E-state index in [1.165, 1.54) is 6.20 Å². The molecule has 0 fully saturated rings. The quantitative estimate of drug-likeness (QED) is 0.730. The Morgan fingerprint density at radius 1 is 1.31 bits per heavy atom. The molecule has 1 aromatic rings. The van der Waals surface area contributed by atoms with Crippen molar-refractivity contribution in [2.45, 2.75) is 12.8 Å². The van der Waals surface area contributed by atoms with Crippen LogP contribution in [0.2, 0.25) is 0 Å². The largest absolute Gasteiger partial charge is 0.411 e. The summed E-state index contributed by atoms with van der Waals surface area (Å²) in [5.74, 6) is 0. The molecule has 0 spiro atoms. The van der Waals surface area contributed by atoms with Crippen molar-refractivity contribution in [1.29, 1.82) is 0 Å². The van der Waals surface area contributed by atoms with Crippen molar-refractivity contribution < 1.29 is 17.9 Å². The van der Waals surface area contributed by atoms with Gasteiger partial charge in [0.1, 0.15) is 6.61 Å². The molecule has 0 radical (unpaired) electrons. The topological polar surface area (TPSA) is 22.1 Å². The van der Waals surface area contributed by atoms with Crippen LogP contribution in [0.3, 0.4) is 0 Å². The molecule has 0 N–H and O–H groups in total. The maximum atomic E-state index is 11.6. The summed E-state index contributed by atoms with van der Waals surface area (Å²) in [4.78, 5) is 3.81. The van der Waals surface area contributed by atoms with Gasteiger partial charge in [-0.2, -0.15) is 13.2 Å². The maximum Gasteiger partial charge on any atom is 0.411 e. The standard InChI is InChI=1S/C8H8F3NO/c9-8(10,11)6-13-5-7-3-1-2-4-12-7/h1-4H,5-6H2. The smallest absolute Gasteiger partial charge is 0.366 e. The lowest BCUT2D eigenvalue weighted by atomic mass is 10.4. The van der Waals surface area contributed by atoms with Crippen molar-refractivity contribution in [1.82, 2.24) is 4.98 Å². The number of rotatable bonds is 3. The van der Waals surface area contributed by atoms with E-state index in [2.05, 4.69) is 9.72 Å². The lowest BCUT2D eigenvalue weighted by molar-refractivity contribution is -0.176. The molecular weight excluding hydrogens is 183 g/mol. The first-order valence-electron chi connectivity index (χ1n) is 3.62. The first-order valence-corrected chi connectivity index (χ1v) is 3.62. The highest BCUT2D eigenvalue weighted by Gasteiger charge is 2.27. The summed E-state index contributed by atoms with van der Waals surface area (Å²) in [5, 5.41) is 0. The van der Waals surface area contributed by atoms with Crippen LogP contribution in [0.1, 0.15) is 5.69 Å². The first kappa shape index (κ1) is 9.98. The molecule has 0 saturated carbocycles. The fraction of sp³-hybridized carbons (Fsp3) is 0.375. The zero-order chi connectivity index (χ0) is 9.73. The first-order chi connectivity index (χ1) is 6.08. The van der Waals surface area contributed by atoms with Gasteiger partial charge in [0.25, 0.3) is 0 Å². The van der Waals surface area contributed by atoms with Crippen LogP contribution >= 0.6 is 0 Å². The van der Waals surface area contributed by atoms with Gasteiger partial charge in [0.15, 0.2) is 0 Å². The minimum Gasteiger partial charge on any atom is -0.366 e. The van der Waals surface area contributed by atoms with Crippen LogP contribution in [0.15, 0.2) is 24.4 Å². The molecule has 0 saturated heterocycles. The second-order valence-corrected chi connectivity index (χ2v) is 2.43. The van der Waals surface area contributed by atoms with Crippen molar-refractivity contribution in [2.75, 3.05) is 6.61 Å². The van der Waals surface area contributed by atoms with Gasteiger partial charge in [0.05, 0.1) is 12.3 Å². The molecule has 1 aromatic heterocycles. The van der Waals surface area contributed by atoms with Gasteiger partial charge in [0, 0.05) is 6.20 Å². The summed E-state index contributed by atoms with van der Waals surface area (Å²) in [6, 6.07) is 4.99. The molecule has 1 rings (SSSR count). The van der Waals surface area contributed by atoms with Gasteiger partial charge in [-0.05, 0) is 12.1 Å².